The van der Waals surface area contributed by atoms with Crippen molar-refractivity contribution in [2.75, 3.05) is 24.2 Å². The number of halogens is 2. The van der Waals surface area contributed by atoms with Gasteiger partial charge >= 0.3 is 0 Å². The Balaban J connectivity index is 1.97. The van der Waals surface area contributed by atoms with Crippen molar-refractivity contribution in [2.45, 2.75) is 25.8 Å². The fraction of sp³-hybridized carbons (Fsp3) is 0.350. The molecule has 2 aromatic carbocycles. The van der Waals surface area contributed by atoms with Crippen molar-refractivity contribution in [3.63, 3.8) is 0 Å². The van der Waals surface area contributed by atoms with Gasteiger partial charge in [-0.3, -0.25) is 9.10 Å². The summed E-state index contributed by atoms with van der Waals surface area (Å²) in [5, 5.41) is 3.12. The van der Waals surface area contributed by atoms with Crippen molar-refractivity contribution in [2.24, 2.45) is 0 Å². The topological polar surface area (TPSA) is 75.7 Å². The molecular formula is C20H24ClFN2O4S. The van der Waals surface area contributed by atoms with Gasteiger partial charge in [-0.2, -0.15) is 0 Å². The molecule has 2 aromatic rings. The fourth-order valence-electron chi connectivity index (χ4n) is 2.83. The van der Waals surface area contributed by atoms with Crippen molar-refractivity contribution in [3.8, 4) is 5.75 Å². The van der Waals surface area contributed by atoms with Gasteiger partial charge in [-0.1, -0.05) is 23.7 Å². The maximum absolute atomic E-state index is 13.0. The van der Waals surface area contributed by atoms with E-state index < -0.39 is 10.0 Å². The predicted molar refractivity (Wildman–Crippen MR) is 112 cm³/mol. The van der Waals surface area contributed by atoms with Gasteiger partial charge in [-0.15, -0.1) is 0 Å². The van der Waals surface area contributed by atoms with E-state index in [1.54, 1.807) is 31.2 Å². The van der Waals surface area contributed by atoms with Gasteiger partial charge in [0.05, 0.1) is 30.1 Å². The van der Waals surface area contributed by atoms with Crippen LogP contribution in [-0.2, 0) is 14.8 Å². The standard InChI is InChI=1S/C20H24ClFN2O4S/c1-14(15-6-8-16(22)9-7-15)23-20(25)5-4-12-24(29(3,26)27)17-10-11-19(28-2)18(21)13-17/h6-11,13-14H,4-5,12H2,1-3H3,(H,23,25)/t14-/m0/s1. The maximum atomic E-state index is 13.0. The third-order valence-corrected chi connectivity index (χ3v) is 5.83. The molecule has 0 aromatic heterocycles. The van der Waals surface area contributed by atoms with Gasteiger partial charge in [0.2, 0.25) is 15.9 Å². The van der Waals surface area contributed by atoms with Crippen molar-refractivity contribution < 1.29 is 22.3 Å². The van der Waals surface area contributed by atoms with Crippen LogP contribution in [0.4, 0.5) is 10.1 Å². The molecule has 9 heteroatoms. The van der Waals surface area contributed by atoms with E-state index in [4.69, 9.17) is 16.3 Å². The lowest BCUT2D eigenvalue weighted by Crippen LogP contribution is -2.32. The molecule has 0 heterocycles. The Bertz CT molecular complexity index is 951. The summed E-state index contributed by atoms with van der Waals surface area (Å²) in [6, 6.07) is 10.3. The smallest absolute Gasteiger partial charge is 0.232 e. The molecule has 0 saturated heterocycles. The summed E-state index contributed by atoms with van der Waals surface area (Å²) in [6.45, 7) is 1.92. The number of hydrogen-bond acceptors (Lipinski definition) is 4. The summed E-state index contributed by atoms with van der Waals surface area (Å²) in [6.07, 6.45) is 1.56. The molecule has 0 fully saturated rings. The molecule has 158 valence electrons. The highest BCUT2D eigenvalue weighted by molar-refractivity contribution is 7.92. The number of carbonyl (C=O) groups excluding carboxylic acids is 1. The molecule has 0 unspecified atom stereocenters. The van der Waals surface area contributed by atoms with Crippen LogP contribution in [0.3, 0.4) is 0 Å². The van der Waals surface area contributed by atoms with Gasteiger partial charge in [-0.25, -0.2) is 12.8 Å². The van der Waals surface area contributed by atoms with Crippen molar-refractivity contribution in [3.05, 3.63) is 58.9 Å². The SMILES string of the molecule is COc1ccc(N(CCCC(=O)N[C@@H](C)c2ccc(F)cc2)S(C)(=O)=O)cc1Cl. The van der Waals surface area contributed by atoms with E-state index >= 15 is 0 Å². The number of nitrogens with zero attached hydrogens (tertiary/aromatic N) is 1. The largest absolute Gasteiger partial charge is 0.495 e. The highest BCUT2D eigenvalue weighted by Gasteiger charge is 2.19. The first-order chi connectivity index (χ1) is 13.6. The molecule has 0 aliphatic heterocycles. The third kappa shape index (κ3) is 6.61. The van der Waals surface area contributed by atoms with E-state index in [-0.39, 0.29) is 30.7 Å². The van der Waals surface area contributed by atoms with Gasteiger partial charge in [0.25, 0.3) is 0 Å². The third-order valence-electron chi connectivity index (χ3n) is 4.34. The zero-order valence-corrected chi connectivity index (χ0v) is 18.1. The number of hydrogen-bond donors (Lipinski definition) is 1. The average molecular weight is 443 g/mol. The number of methoxy groups -OCH3 is 1. The molecule has 1 amide bonds. The number of amides is 1. The summed E-state index contributed by atoms with van der Waals surface area (Å²) >= 11 is 6.10. The van der Waals surface area contributed by atoms with Gasteiger partial charge in [0.1, 0.15) is 11.6 Å². The second-order valence-electron chi connectivity index (χ2n) is 6.60. The predicted octanol–water partition coefficient (Wildman–Crippen LogP) is 3.91. The van der Waals surface area contributed by atoms with E-state index in [9.17, 15) is 17.6 Å². The molecule has 29 heavy (non-hydrogen) atoms. The summed E-state index contributed by atoms with van der Waals surface area (Å²) in [7, 11) is -2.08. The van der Waals surface area contributed by atoms with Crippen LogP contribution >= 0.6 is 11.6 Å². The highest BCUT2D eigenvalue weighted by atomic mass is 35.5. The Morgan fingerprint density at radius 3 is 2.45 bits per heavy atom. The number of rotatable bonds is 9. The maximum Gasteiger partial charge on any atom is 0.232 e. The molecule has 2 rings (SSSR count). The number of sulfonamides is 1. The van der Waals surface area contributed by atoms with Crippen LogP contribution in [0.25, 0.3) is 0 Å². The Labute approximate surface area is 175 Å². The summed E-state index contributed by atoms with van der Waals surface area (Å²) in [5.41, 5.74) is 1.18. The quantitative estimate of drug-likeness (QED) is 0.638. The van der Waals surface area contributed by atoms with Crippen molar-refractivity contribution in [1.29, 1.82) is 0 Å². The molecule has 0 aliphatic rings. The van der Waals surface area contributed by atoms with Crippen molar-refractivity contribution >= 4 is 33.2 Å². The number of nitrogens with one attached hydrogen (secondary N) is 1. The number of anilines is 1. The fourth-order valence-corrected chi connectivity index (χ4v) is 4.04. The Kier molecular flexibility index (Phi) is 7.87. The molecule has 0 radical (unpaired) electrons. The lowest BCUT2D eigenvalue weighted by Gasteiger charge is -2.23. The molecule has 1 N–H and O–H groups in total. The Morgan fingerprint density at radius 2 is 1.90 bits per heavy atom. The lowest BCUT2D eigenvalue weighted by atomic mass is 10.1. The molecule has 1 atom stereocenters. The first-order valence-corrected chi connectivity index (χ1v) is 11.2. The zero-order valence-electron chi connectivity index (χ0n) is 16.5. The number of benzene rings is 2. The minimum absolute atomic E-state index is 0.125. The number of carbonyl (C=O) groups is 1. The Morgan fingerprint density at radius 1 is 1.24 bits per heavy atom. The zero-order chi connectivity index (χ0) is 21.6. The van der Waals surface area contributed by atoms with E-state index in [0.717, 1.165) is 11.8 Å². The van der Waals surface area contributed by atoms with Crippen LogP contribution in [-0.4, -0.2) is 34.2 Å². The first kappa shape index (κ1) is 23.0. The van der Waals surface area contributed by atoms with E-state index in [0.29, 0.717) is 22.9 Å². The molecule has 0 bridgehead atoms. The lowest BCUT2D eigenvalue weighted by molar-refractivity contribution is -0.121. The van der Waals surface area contributed by atoms with Gasteiger partial charge in [0.15, 0.2) is 0 Å². The van der Waals surface area contributed by atoms with Crippen LogP contribution in [0.1, 0.15) is 31.4 Å². The molecular weight excluding hydrogens is 419 g/mol. The molecule has 0 aliphatic carbocycles. The van der Waals surface area contributed by atoms with Crippen LogP contribution in [0.5, 0.6) is 5.75 Å². The summed E-state index contributed by atoms with van der Waals surface area (Å²) in [4.78, 5) is 12.2. The van der Waals surface area contributed by atoms with Crippen LogP contribution in [0.15, 0.2) is 42.5 Å². The van der Waals surface area contributed by atoms with Gasteiger partial charge in [0, 0.05) is 13.0 Å². The normalized spacial score (nSPS) is 12.3. The monoisotopic (exact) mass is 442 g/mol. The van der Waals surface area contributed by atoms with Crippen LogP contribution < -0.4 is 14.4 Å². The van der Waals surface area contributed by atoms with Gasteiger partial charge < -0.3 is 10.1 Å². The van der Waals surface area contributed by atoms with Gasteiger partial charge in [-0.05, 0) is 49.2 Å². The van der Waals surface area contributed by atoms with E-state index in [2.05, 4.69) is 5.32 Å². The van der Waals surface area contributed by atoms with E-state index in [1.165, 1.54) is 29.6 Å². The second kappa shape index (κ2) is 9.93. The van der Waals surface area contributed by atoms with Crippen molar-refractivity contribution in [1.82, 2.24) is 5.32 Å². The highest BCUT2D eigenvalue weighted by Crippen LogP contribution is 2.30. The molecule has 0 spiro atoms. The first-order valence-electron chi connectivity index (χ1n) is 8.98. The van der Waals surface area contributed by atoms with Crippen LogP contribution in [0, 0.1) is 5.82 Å². The van der Waals surface area contributed by atoms with Crippen LogP contribution in [0.2, 0.25) is 5.02 Å². The minimum Gasteiger partial charge on any atom is -0.495 e. The Hall–Kier alpha value is -2.32. The average Bonchev–Trinajstić information content (AvgIpc) is 2.64. The van der Waals surface area contributed by atoms with E-state index in [1.807, 2.05) is 0 Å². The summed E-state index contributed by atoms with van der Waals surface area (Å²) < 4.78 is 43.7. The molecule has 6 nitrogen and oxygen atoms in total. The second-order valence-corrected chi connectivity index (χ2v) is 8.91. The molecule has 0 saturated carbocycles. The minimum atomic E-state index is -3.56. The number of ether oxygens (including phenoxy) is 1. The summed E-state index contributed by atoms with van der Waals surface area (Å²) in [5.74, 6) is -0.118.